The van der Waals surface area contributed by atoms with E-state index in [0.29, 0.717) is 17.9 Å². The smallest absolute Gasteiger partial charge is 0.358 e. The van der Waals surface area contributed by atoms with Crippen molar-refractivity contribution in [2.45, 2.75) is 13.5 Å². The van der Waals surface area contributed by atoms with E-state index in [9.17, 15) is 4.79 Å². The first-order chi connectivity index (χ1) is 7.63. The number of aromatic nitrogens is 3. The Bertz CT molecular complexity index is 547. The molecule has 0 saturated carbocycles. The van der Waals surface area contributed by atoms with Gasteiger partial charge in [0, 0.05) is 12.8 Å². The summed E-state index contributed by atoms with van der Waals surface area (Å²) in [7, 11) is 1.57. The Kier molecular flexibility index (Phi) is 2.57. The normalized spacial score (nSPS) is 10.9. The minimum Gasteiger partial charge on any atom is -0.476 e. The van der Waals surface area contributed by atoms with Crippen LogP contribution in [0.4, 0.5) is 0 Å². The zero-order valence-corrected chi connectivity index (χ0v) is 8.97. The zero-order valence-electron chi connectivity index (χ0n) is 8.97. The molecule has 2 aromatic rings. The topological polar surface area (TPSA) is 76.7 Å². The molecule has 0 atom stereocenters. The van der Waals surface area contributed by atoms with Crippen LogP contribution in [0.15, 0.2) is 12.4 Å². The van der Waals surface area contributed by atoms with Crippen molar-refractivity contribution in [2.75, 3.05) is 7.11 Å². The summed E-state index contributed by atoms with van der Waals surface area (Å²) in [6, 6.07) is 1.84. The number of aromatic carboxylic acids is 1. The lowest BCUT2D eigenvalue weighted by Gasteiger charge is -2.04. The summed E-state index contributed by atoms with van der Waals surface area (Å²) in [6.07, 6.45) is 1.46. The molecule has 2 rings (SSSR count). The van der Waals surface area contributed by atoms with Gasteiger partial charge in [-0.15, -0.1) is 0 Å². The Balaban J connectivity index is 2.66. The van der Waals surface area contributed by atoms with Crippen LogP contribution in [0.25, 0.3) is 5.65 Å². The van der Waals surface area contributed by atoms with Crippen molar-refractivity contribution < 1.29 is 14.6 Å². The number of hydrogen-bond acceptors (Lipinski definition) is 4. The van der Waals surface area contributed by atoms with E-state index in [-0.39, 0.29) is 5.69 Å². The number of fused-ring (bicyclic) bond motifs is 1. The Labute approximate surface area is 91.5 Å². The molecule has 0 radical (unpaired) electrons. The summed E-state index contributed by atoms with van der Waals surface area (Å²) in [5.74, 6) is -1.08. The third kappa shape index (κ3) is 1.63. The molecule has 0 unspecified atom stereocenters. The summed E-state index contributed by atoms with van der Waals surface area (Å²) in [5.41, 5.74) is 1.87. The lowest BCUT2D eigenvalue weighted by molar-refractivity contribution is 0.0693. The molecule has 84 valence electrons. The maximum absolute atomic E-state index is 10.9. The van der Waals surface area contributed by atoms with Crippen LogP contribution in [0.2, 0.25) is 0 Å². The summed E-state index contributed by atoms with van der Waals surface area (Å²) in [6.45, 7) is 2.21. The fourth-order valence-electron chi connectivity index (χ4n) is 1.56. The van der Waals surface area contributed by atoms with E-state index in [2.05, 4.69) is 9.97 Å². The summed E-state index contributed by atoms with van der Waals surface area (Å²) in [4.78, 5) is 18.9. The Hall–Kier alpha value is -1.95. The number of carboxylic acids is 1. The molecule has 2 heterocycles. The van der Waals surface area contributed by atoms with Gasteiger partial charge in [-0.3, -0.25) is 4.40 Å². The van der Waals surface area contributed by atoms with Gasteiger partial charge in [-0.05, 0) is 13.0 Å². The van der Waals surface area contributed by atoms with Crippen LogP contribution in [0.3, 0.4) is 0 Å². The van der Waals surface area contributed by atoms with Gasteiger partial charge in [-0.2, -0.15) is 0 Å². The molecule has 0 bridgehead atoms. The molecule has 6 heteroatoms. The molecule has 0 amide bonds. The van der Waals surface area contributed by atoms with Gasteiger partial charge in [0.05, 0.1) is 12.3 Å². The Morgan fingerprint density at radius 3 is 3.00 bits per heavy atom. The molecule has 6 nitrogen and oxygen atoms in total. The zero-order chi connectivity index (χ0) is 11.7. The molecule has 0 aliphatic rings. The molecular weight excluding hydrogens is 210 g/mol. The molecule has 16 heavy (non-hydrogen) atoms. The van der Waals surface area contributed by atoms with E-state index in [0.717, 1.165) is 5.69 Å². The standard InChI is InChI=1S/C10H11N3O3/c1-6-3-7(4-16-2)12-9-8(10(14)15)11-5-13(6)9/h3,5H,4H2,1-2H3,(H,14,15). The van der Waals surface area contributed by atoms with E-state index in [1.165, 1.54) is 6.33 Å². The van der Waals surface area contributed by atoms with Gasteiger partial charge < -0.3 is 9.84 Å². The van der Waals surface area contributed by atoms with Crippen LogP contribution in [-0.4, -0.2) is 32.6 Å². The van der Waals surface area contributed by atoms with E-state index in [1.54, 1.807) is 11.5 Å². The molecule has 0 saturated heterocycles. The van der Waals surface area contributed by atoms with Crippen molar-refractivity contribution in [1.82, 2.24) is 14.4 Å². The summed E-state index contributed by atoms with van der Waals surface area (Å²) in [5, 5.41) is 8.94. The molecule has 0 fully saturated rings. The maximum atomic E-state index is 10.9. The maximum Gasteiger partial charge on any atom is 0.358 e. The molecule has 1 N–H and O–H groups in total. The Morgan fingerprint density at radius 2 is 2.38 bits per heavy atom. The lowest BCUT2D eigenvalue weighted by atomic mass is 10.3. The van der Waals surface area contributed by atoms with Crippen molar-refractivity contribution in [3.8, 4) is 0 Å². The average Bonchev–Trinajstić information content (AvgIpc) is 2.62. The van der Waals surface area contributed by atoms with Gasteiger partial charge in [0.25, 0.3) is 0 Å². The van der Waals surface area contributed by atoms with Crippen molar-refractivity contribution in [2.24, 2.45) is 0 Å². The van der Waals surface area contributed by atoms with E-state index in [1.807, 2.05) is 13.0 Å². The molecule has 0 spiro atoms. The van der Waals surface area contributed by atoms with Gasteiger partial charge in [-0.1, -0.05) is 0 Å². The predicted octanol–water partition coefficient (Wildman–Crippen LogP) is 0.882. The third-order valence-electron chi connectivity index (χ3n) is 2.24. The lowest BCUT2D eigenvalue weighted by Crippen LogP contribution is -2.03. The highest BCUT2D eigenvalue weighted by Gasteiger charge is 2.14. The fraction of sp³-hybridized carbons (Fsp3) is 0.300. The molecule has 0 aromatic carbocycles. The first kappa shape index (κ1) is 10.6. The Morgan fingerprint density at radius 1 is 1.62 bits per heavy atom. The number of rotatable bonds is 3. The van der Waals surface area contributed by atoms with Gasteiger partial charge in [0.15, 0.2) is 11.3 Å². The minimum absolute atomic E-state index is 0.0407. The minimum atomic E-state index is -1.08. The average molecular weight is 221 g/mol. The number of hydrogen-bond donors (Lipinski definition) is 1. The van der Waals surface area contributed by atoms with Crippen molar-refractivity contribution in [3.63, 3.8) is 0 Å². The van der Waals surface area contributed by atoms with E-state index in [4.69, 9.17) is 9.84 Å². The van der Waals surface area contributed by atoms with E-state index >= 15 is 0 Å². The fourth-order valence-corrected chi connectivity index (χ4v) is 1.56. The SMILES string of the molecule is COCc1cc(C)n2cnc(C(=O)O)c2n1. The highest BCUT2D eigenvalue weighted by molar-refractivity contribution is 5.92. The number of methoxy groups -OCH3 is 1. The number of carboxylic acid groups (broad SMARTS) is 1. The molecular formula is C10H11N3O3. The summed E-state index contributed by atoms with van der Waals surface area (Å²) >= 11 is 0. The first-order valence-corrected chi connectivity index (χ1v) is 4.69. The monoisotopic (exact) mass is 221 g/mol. The highest BCUT2D eigenvalue weighted by atomic mass is 16.5. The number of aryl methyl sites for hydroxylation is 1. The number of carbonyl (C=O) groups is 1. The van der Waals surface area contributed by atoms with Crippen molar-refractivity contribution >= 4 is 11.6 Å². The second kappa shape index (κ2) is 3.90. The van der Waals surface area contributed by atoms with Crippen LogP contribution >= 0.6 is 0 Å². The third-order valence-corrected chi connectivity index (χ3v) is 2.24. The molecule has 2 aromatic heterocycles. The second-order valence-corrected chi connectivity index (χ2v) is 3.41. The van der Waals surface area contributed by atoms with Crippen LogP contribution in [0, 0.1) is 6.92 Å². The summed E-state index contributed by atoms with van der Waals surface area (Å²) < 4.78 is 6.61. The number of ether oxygens (including phenoxy) is 1. The first-order valence-electron chi connectivity index (χ1n) is 4.69. The van der Waals surface area contributed by atoms with Gasteiger partial charge in [-0.25, -0.2) is 14.8 Å². The quantitative estimate of drug-likeness (QED) is 0.832. The number of imidazole rings is 1. The van der Waals surface area contributed by atoms with Gasteiger partial charge in [0.2, 0.25) is 0 Å². The van der Waals surface area contributed by atoms with Crippen molar-refractivity contribution in [1.29, 1.82) is 0 Å². The second-order valence-electron chi connectivity index (χ2n) is 3.41. The highest BCUT2D eigenvalue weighted by Crippen LogP contribution is 2.12. The van der Waals surface area contributed by atoms with Gasteiger partial charge in [0.1, 0.15) is 6.33 Å². The van der Waals surface area contributed by atoms with Crippen LogP contribution in [-0.2, 0) is 11.3 Å². The van der Waals surface area contributed by atoms with Gasteiger partial charge >= 0.3 is 5.97 Å². The molecule has 0 aliphatic carbocycles. The van der Waals surface area contributed by atoms with Crippen molar-refractivity contribution in [3.05, 3.63) is 29.5 Å². The number of nitrogens with zero attached hydrogens (tertiary/aromatic N) is 3. The molecule has 0 aliphatic heterocycles. The van der Waals surface area contributed by atoms with Crippen LogP contribution < -0.4 is 0 Å². The van der Waals surface area contributed by atoms with E-state index < -0.39 is 5.97 Å². The van der Waals surface area contributed by atoms with Crippen LogP contribution in [0.5, 0.6) is 0 Å². The van der Waals surface area contributed by atoms with Crippen LogP contribution in [0.1, 0.15) is 21.9 Å². The predicted molar refractivity (Wildman–Crippen MR) is 55.4 cm³/mol. The largest absolute Gasteiger partial charge is 0.476 e.